The highest BCUT2D eigenvalue weighted by molar-refractivity contribution is 6.31. The quantitative estimate of drug-likeness (QED) is 0.918. The normalized spacial score (nSPS) is 24.1. The maximum Gasteiger partial charge on any atom is 0.0438 e. The second kappa shape index (κ2) is 6.71. The first-order valence-electron chi connectivity index (χ1n) is 6.95. The zero-order valence-electron chi connectivity index (χ0n) is 11.8. The molecule has 2 rings (SSSR count). The van der Waals surface area contributed by atoms with Crippen molar-refractivity contribution in [2.75, 3.05) is 33.7 Å². The summed E-state index contributed by atoms with van der Waals surface area (Å²) in [6, 6.07) is 8.50. The Balaban J connectivity index is 2.05. The van der Waals surface area contributed by atoms with Gasteiger partial charge in [0.2, 0.25) is 0 Å². The molecule has 1 fully saturated rings. The van der Waals surface area contributed by atoms with Gasteiger partial charge in [-0.3, -0.25) is 0 Å². The summed E-state index contributed by atoms with van der Waals surface area (Å²) >= 11 is 6.22. The van der Waals surface area contributed by atoms with E-state index in [9.17, 15) is 0 Å². The smallest absolute Gasteiger partial charge is 0.0438 e. The van der Waals surface area contributed by atoms with Crippen molar-refractivity contribution in [3.05, 3.63) is 34.9 Å². The molecule has 0 aromatic heterocycles. The molecule has 2 atom stereocenters. The predicted molar refractivity (Wildman–Crippen MR) is 81.7 cm³/mol. The van der Waals surface area contributed by atoms with Crippen molar-refractivity contribution in [1.29, 1.82) is 0 Å². The van der Waals surface area contributed by atoms with Crippen LogP contribution in [0.25, 0.3) is 0 Å². The summed E-state index contributed by atoms with van der Waals surface area (Å²) in [6.45, 7) is 3.30. The Hall–Kier alpha value is -0.610. The van der Waals surface area contributed by atoms with E-state index in [2.05, 4.69) is 30.0 Å². The molecule has 106 valence electrons. The molecular weight excluding hydrogens is 258 g/mol. The highest BCUT2D eigenvalue weighted by atomic mass is 35.5. The average molecular weight is 282 g/mol. The molecule has 1 aromatic carbocycles. The van der Waals surface area contributed by atoms with Crippen LogP contribution in [0.15, 0.2) is 24.3 Å². The molecule has 4 heteroatoms. The van der Waals surface area contributed by atoms with Crippen LogP contribution in [-0.2, 0) is 6.42 Å². The first-order valence-corrected chi connectivity index (χ1v) is 7.33. The van der Waals surface area contributed by atoms with E-state index >= 15 is 0 Å². The highest BCUT2D eigenvalue weighted by Crippen LogP contribution is 2.19. The SMILES string of the molecule is CN1CCCN(C)C(C(N)Cc2ccccc2Cl)C1. The van der Waals surface area contributed by atoms with Gasteiger partial charge in [-0.2, -0.15) is 0 Å². The molecule has 1 aromatic rings. The lowest BCUT2D eigenvalue weighted by molar-refractivity contribution is 0.195. The topological polar surface area (TPSA) is 32.5 Å². The number of nitrogens with zero attached hydrogens (tertiary/aromatic N) is 2. The van der Waals surface area contributed by atoms with Gasteiger partial charge in [0.15, 0.2) is 0 Å². The molecule has 19 heavy (non-hydrogen) atoms. The molecule has 1 heterocycles. The predicted octanol–water partition coefficient (Wildman–Crippen LogP) is 1.85. The molecule has 3 nitrogen and oxygen atoms in total. The molecule has 0 saturated carbocycles. The number of hydrogen-bond donors (Lipinski definition) is 1. The van der Waals surface area contributed by atoms with E-state index < -0.39 is 0 Å². The molecule has 0 radical (unpaired) electrons. The lowest BCUT2D eigenvalue weighted by Crippen LogP contribution is -2.51. The molecule has 1 aliphatic rings. The number of rotatable bonds is 3. The van der Waals surface area contributed by atoms with Crippen molar-refractivity contribution < 1.29 is 0 Å². The highest BCUT2D eigenvalue weighted by Gasteiger charge is 2.26. The van der Waals surface area contributed by atoms with Gasteiger partial charge < -0.3 is 15.5 Å². The van der Waals surface area contributed by atoms with Gasteiger partial charge in [0.1, 0.15) is 0 Å². The summed E-state index contributed by atoms with van der Waals surface area (Å²) in [5.74, 6) is 0. The summed E-state index contributed by atoms with van der Waals surface area (Å²) in [6.07, 6.45) is 2.05. The van der Waals surface area contributed by atoms with Gasteiger partial charge in [-0.25, -0.2) is 0 Å². The second-order valence-corrected chi connectivity index (χ2v) is 6.03. The average Bonchev–Trinajstić information content (AvgIpc) is 2.54. The Kier molecular flexibility index (Phi) is 5.22. The number of nitrogens with two attached hydrogens (primary N) is 1. The summed E-state index contributed by atoms with van der Waals surface area (Å²) in [7, 11) is 4.35. The molecule has 1 saturated heterocycles. The minimum Gasteiger partial charge on any atom is -0.326 e. The van der Waals surface area contributed by atoms with Crippen LogP contribution in [-0.4, -0.2) is 55.6 Å². The van der Waals surface area contributed by atoms with Crippen LogP contribution < -0.4 is 5.73 Å². The number of hydrogen-bond acceptors (Lipinski definition) is 3. The number of likely N-dealkylation sites (N-methyl/N-ethyl adjacent to an activating group) is 2. The molecular formula is C15H24ClN3. The van der Waals surface area contributed by atoms with Gasteiger partial charge in [0.25, 0.3) is 0 Å². The molecule has 0 amide bonds. The molecule has 0 spiro atoms. The third-order valence-electron chi connectivity index (χ3n) is 4.02. The zero-order valence-corrected chi connectivity index (χ0v) is 12.6. The Morgan fingerprint density at radius 1 is 1.32 bits per heavy atom. The van der Waals surface area contributed by atoms with Crippen molar-refractivity contribution in [2.45, 2.75) is 24.9 Å². The van der Waals surface area contributed by atoms with Crippen LogP contribution in [0.3, 0.4) is 0 Å². The number of halogens is 1. The van der Waals surface area contributed by atoms with Crippen LogP contribution in [0.2, 0.25) is 5.02 Å². The monoisotopic (exact) mass is 281 g/mol. The summed E-state index contributed by atoms with van der Waals surface area (Å²) in [4.78, 5) is 4.77. The fraction of sp³-hybridized carbons (Fsp3) is 0.600. The lowest BCUT2D eigenvalue weighted by Gasteiger charge is -2.32. The Bertz CT molecular complexity index is 410. The summed E-state index contributed by atoms with van der Waals surface area (Å²) < 4.78 is 0. The van der Waals surface area contributed by atoms with Crippen LogP contribution in [0, 0.1) is 0 Å². The van der Waals surface area contributed by atoms with E-state index in [1.54, 1.807) is 0 Å². The third-order valence-corrected chi connectivity index (χ3v) is 4.39. The van der Waals surface area contributed by atoms with E-state index in [-0.39, 0.29) is 6.04 Å². The van der Waals surface area contributed by atoms with E-state index in [1.165, 1.54) is 6.42 Å². The molecule has 0 aliphatic carbocycles. The van der Waals surface area contributed by atoms with Crippen molar-refractivity contribution in [3.8, 4) is 0 Å². The first-order chi connectivity index (χ1) is 9.08. The van der Waals surface area contributed by atoms with Crippen molar-refractivity contribution in [3.63, 3.8) is 0 Å². The molecule has 2 N–H and O–H groups in total. The molecule has 0 bridgehead atoms. The number of benzene rings is 1. The second-order valence-electron chi connectivity index (χ2n) is 5.62. The molecule has 1 aliphatic heterocycles. The van der Waals surface area contributed by atoms with Gasteiger partial charge in [0.05, 0.1) is 0 Å². The van der Waals surface area contributed by atoms with E-state index in [4.69, 9.17) is 17.3 Å². The van der Waals surface area contributed by atoms with Crippen LogP contribution in [0.5, 0.6) is 0 Å². The minimum atomic E-state index is 0.116. The fourth-order valence-corrected chi connectivity index (χ4v) is 3.03. The van der Waals surface area contributed by atoms with Gasteiger partial charge in [-0.15, -0.1) is 0 Å². The van der Waals surface area contributed by atoms with E-state index in [0.717, 1.165) is 36.6 Å². The van der Waals surface area contributed by atoms with Crippen molar-refractivity contribution in [1.82, 2.24) is 9.80 Å². The maximum atomic E-state index is 6.44. The minimum absolute atomic E-state index is 0.116. The van der Waals surface area contributed by atoms with Crippen LogP contribution in [0.4, 0.5) is 0 Å². The van der Waals surface area contributed by atoms with E-state index in [0.29, 0.717) is 6.04 Å². The van der Waals surface area contributed by atoms with Gasteiger partial charge in [-0.1, -0.05) is 29.8 Å². The summed E-state index contributed by atoms with van der Waals surface area (Å²) in [5, 5.41) is 0.822. The first kappa shape index (κ1) is 14.8. The fourth-order valence-electron chi connectivity index (χ4n) is 2.82. The maximum absolute atomic E-state index is 6.44. The molecule has 2 unspecified atom stereocenters. The van der Waals surface area contributed by atoms with Crippen molar-refractivity contribution in [2.24, 2.45) is 5.73 Å². The van der Waals surface area contributed by atoms with Gasteiger partial charge >= 0.3 is 0 Å². The Morgan fingerprint density at radius 2 is 2.05 bits per heavy atom. The summed E-state index contributed by atoms with van der Waals surface area (Å²) in [5.41, 5.74) is 7.59. The van der Waals surface area contributed by atoms with E-state index in [1.807, 2.05) is 18.2 Å². The largest absolute Gasteiger partial charge is 0.326 e. The standard InChI is InChI=1S/C15H24ClN3/c1-18-8-5-9-19(2)15(11-18)14(17)10-12-6-3-4-7-13(12)16/h3-4,6-7,14-15H,5,8-11,17H2,1-2H3. The lowest BCUT2D eigenvalue weighted by atomic mass is 9.99. The van der Waals surface area contributed by atoms with Crippen molar-refractivity contribution >= 4 is 11.6 Å². The van der Waals surface area contributed by atoms with Gasteiger partial charge in [0, 0.05) is 23.7 Å². The van der Waals surface area contributed by atoms with Gasteiger partial charge in [-0.05, 0) is 51.7 Å². The Labute approximate surface area is 121 Å². The third kappa shape index (κ3) is 3.93. The van der Waals surface area contributed by atoms with Crippen LogP contribution >= 0.6 is 11.6 Å². The van der Waals surface area contributed by atoms with Crippen LogP contribution in [0.1, 0.15) is 12.0 Å². The Morgan fingerprint density at radius 3 is 2.79 bits per heavy atom. The zero-order chi connectivity index (χ0) is 13.8.